The van der Waals surface area contributed by atoms with Crippen LogP contribution in [0.5, 0.6) is 5.75 Å². The number of rotatable bonds is 2. The van der Waals surface area contributed by atoms with Crippen LogP contribution in [0.25, 0.3) is 0 Å². The second kappa shape index (κ2) is 6.78. The molecule has 1 aliphatic carbocycles. The molecule has 142 valence electrons. The first-order valence-corrected chi connectivity index (χ1v) is 9.93. The molecule has 1 saturated heterocycles. The molecule has 3 rings (SSSR count). The molecule has 26 heavy (non-hydrogen) atoms. The van der Waals surface area contributed by atoms with Crippen molar-refractivity contribution in [2.24, 2.45) is 9.81 Å². The Morgan fingerprint density at radius 2 is 2.00 bits per heavy atom. The van der Waals surface area contributed by atoms with Gasteiger partial charge in [-0.2, -0.15) is 0 Å². The number of likely N-dealkylation sites (tertiary alicyclic amines) is 1. The molecule has 1 aromatic rings. The Morgan fingerprint density at radius 3 is 2.54 bits per heavy atom. The molecule has 1 heterocycles. The molecule has 1 aliphatic heterocycles. The summed E-state index contributed by atoms with van der Waals surface area (Å²) in [4.78, 5) is 12.7. The first kappa shape index (κ1) is 19.0. The van der Waals surface area contributed by atoms with Gasteiger partial charge >= 0.3 is 6.09 Å². The first-order chi connectivity index (χ1) is 12.2. The summed E-state index contributed by atoms with van der Waals surface area (Å²) in [5.41, 5.74) is 2.78. The van der Waals surface area contributed by atoms with E-state index < -0.39 is 22.2 Å². The van der Waals surface area contributed by atoms with Gasteiger partial charge in [0, 0.05) is 24.1 Å². The van der Waals surface area contributed by atoms with E-state index in [1.807, 2.05) is 39.0 Å². The van der Waals surface area contributed by atoms with E-state index in [2.05, 4.69) is 4.40 Å². The molecule has 1 aromatic carbocycles. The van der Waals surface area contributed by atoms with Crippen molar-refractivity contribution in [1.29, 1.82) is 0 Å². The highest BCUT2D eigenvalue weighted by Crippen LogP contribution is 2.46. The van der Waals surface area contributed by atoms with Gasteiger partial charge in [-0.3, -0.25) is 0 Å². The summed E-state index contributed by atoms with van der Waals surface area (Å²) in [5, 5.41) is 9.26. The summed E-state index contributed by atoms with van der Waals surface area (Å²) < 4.78 is 22.3. The summed E-state index contributed by atoms with van der Waals surface area (Å²) in [7, 11) is 1.64. The standard InChI is InChI=1S/C19H26N2O4S/c1-18(2,3)26(24)20-16-15-6-5-14(25-4)11-13(15)12-19(16)7-9-21(10-8-19)17(22)23/h5-6,11H,7-10,12H2,1-4H3,(H,22,23). The lowest BCUT2D eigenvalue weighted by atomic mass is 9.74. The second-order valence-electron chi connectivity index (χ2n) is 8.05. The maximum absolute atomic E-state index is 12.7. The van der Waals surface area contributed by atoms with Crippen molar-refractivity contribution in [3.05, 3.63) is 29.3 Å². The Labute approximate surface area is 157 Å². The van der Waals surface area contributed by atoms with Crippen LogP contribution in [0, 0.1) is 5.41 Å². The Morgan fingerprint density at radius 1 is 1.35 bits per heavy atom. The summed E-state index contributed by atoms with van der Waals surface area (Å²) in [6, 6.07) is 5.91. The molecule has 2 aliphatic rings. The van der Waals surface area contributed by atoms with Gasteiger partial charge in [0.2, 0.25) is 0 Å². The molecule has 1 unspecified atom stereocenters. The van der Waals surface area contributed by atoms with Crippen LogP contribution in [-0.4, -0.2) is 51.3 Å². The highest BCUT2D eigenvalue weighted by atomic mass is 32.2. The number of carbonyl (C=O) groups is 1. The Hall–Kier alpha value is -1.73. The number of nitrogens with zero attached hydrogens (tertiary/aromatic N) is 2. The summed E-state index contributed by atoms with van der Waals surface area (Å²) in [6.45, 7) is 6.69. The number of fused-ring (bicyclic) bond motifs is 1. The van der Waals surface area contributed by atoms with Gasteiger partial charge in [-0.1, -0.05) is 4.40 Å². The van der Waals surface area contributed by atoms with Crippen molar-refractivity contribution in [3.63, 3.8) is 0 Å². The van der Waals surface area contributed by atoms with Gasteiger partial charge < -0.3 is 19.3 Å². The van der Waals surface area contributed by atoms with Crippen LogP contribution in [0.1, 0.15) is 44.7 Å². The molecule has 1 fully saturated rings. The van der Waals surface area contributed by atoms with Crippen LogP contribution < -0.4 is 4.74 Å². The maximum Gasteiger partial charge on any atom is 0.407 e. The van der Waals surface area contributed by atoms with E-state index in [-0.39, 0.29) is 5.41 Å². The number of piperidine rings is 1. The quantitative estimate of drug-likeness (QED) is 0.801. The van der Waals surface area contributed by atoms with E-state index in [0.717, 1.165) is 29.0 Å². The van der Waals surface area contributed by atoms with Crippen molar-refractivity contribution >= 4 is 23.2 Å². The third-order valence-corrected chi connectivity index (χ3v) is 6.68. The summed E-state index contributed by atoms with van der Waals surface area (Å²) in [5.74, 6) is 0.792. The lowest BCUT2D eigenvalue weighted by Crippen LogP contribution is -2.45. The molecule has 0 bridgehead atoms. The van der Waals surface area contributed by atoms with Crippen LogP contribution >= 0.6 is 0 Å². The fourth-order valence-electron chi connectivity index (χ4n) is 3.71. The number of carboxylic acid groups (broad SMARTS) is 1. The van der Waals surface area contributed by atoms with Crippen molar-refractivity contribution in [3.8, 4) is 5.75 Å². The van der Waals surface area contributed by atoms with E-state index in [1.165, 1.54) is 4.90 Å². The lowest BCUT2D eigenvalue weighted by Gasteiger charge is -2.38. The first-order valence-electron chi connectivity index (χ1n) is 8.83. The van der Waals surface area contributed by atoms with Gasteiger partial charge in [0.15, 0.2) is 0 Å². The highest BCUT2D eigenvalue weighted by molar-refractivity contribution is 7.91. The highest BCUT2D eigenvalue weighted by Gasteiger charge is 2.48. The number of ether oxygens (including phenoxy) is 1. The molecule has 1 amide bonds. The lowest BCUT2D eigenvalue weighted by molar-refractivity contribution is 0.115. The SMILES string of the molecule is COc1ccc2c(c1)CC1(CCN(C(=O)O)CC1)C2=N[S+]([O-])C(C)(C)C. The summed E-state index contributed by atoms with van der Waals surface area (Å²) >= 11 is -1.36. The molecular formula is C19H26N2O4S. The van der Waals surface area contributed by atoms with Crippen molar-refractivity contribution in [2.75, 3.05) is 20.2 Å². The largest absolute Gasteiger partial charge is 0.591 e. The molecule has 6 nitrogen and oxygen atoms in total. The zero-order chi connectivity index (χ0) is 19.1. The number of benzene rings is 1. The Kier molecular flexibility index (Phi) is 4.96. The predicted octanol–water partition coefficient (Wildman–Crippen LogP) is 3.26. The zero-order valence-electron chi connectivity index (χ0n) is 15.7. The average Bonchev–Trinajstić information content (AvgIpc) is 2.86. The number of methoxy groups -OCH3 is 1. The molecule has 1 spiro atoms. The van der Waals surface area contributed by atoms with Gasteiger partial charge in [0.25, 0.3) is 0 Å². The van der Waals surface area contributed by atoms with Gasteiger partial charge in [-0.05, 0) is 63.8 Å². The third-order valence-electron chi connectivity index (χ3n) is 5.29. The predicted molar refractivity (Wildman–Crippen MR) is 102 cm³/mol. The molecule has 7 heteroatoms. The van der Waals surface area contributed by atoms with Crippen molar-refractivity contribution in [1.82, 2.24) is 4.90 Å². The van der Waals surface area contributed by atoms with Crippen molar-refractivity contribution in [2.45, 2.75) is 44.8 Å². The van der Waals surface area contributed by atoms with Crippen LogP contribution in [0.4, 0.5) is 4.79 Å². The van der Waals surface area contributed by atoms with Crippen molar-refractivity contribution < 1.29 is 19.2 Å². The monoisotopic (exact) mass is 378 g/mol. The van der Waals surface area contributed by atoms with E-state index in [9.17, 15) is 14.5 Å². The fourth-order valence-corrected chi connectivity index (χ4v) is 4.45. The number of amides is 1. The summed E-state index contributed by atoms with van der Waals surface area (Å²) in [6.07, 6.45) is 1.29. The van der Waals surface area contributed by atoms with Gasteiger partial charge in [-0.15, -0.1) is 0 Å². The zero-order valence-corrected chi connectivity index (χ0v) is 16.6. The van der Waals surface area contributed by atoms with Crippen LogP contribution in [0.2, 0.25) is 0 Å². The minimum atomic E-state index is -1.36. The topological polar surface area (TPSA) is 85.2 Å². The Bertz CT molecular complexity index is 734. The smallest absolute Gasteiger partial charge is 0.407 e. The molecule has 0 saturated carbocycles. The second-order valence-corrected chi connectivity index (χ2v) is 9.96. The number of hydrogen-bond acceptors (Lipinski definition) is 4. The van der Waals surface area contributed by atoms with Crippen LogP contribution in [0.3, 0.4) is 0 Å². The molecule has 1 atom stereocenters. The normalized spacial score (nSPS) is 21.7. The Balaban J connectivity index is 2.01. The van der Waals surface area contributed by atoms with Crippen LogP contribution in [0.15, 0.2) is 22.6 Å². The van der Waals surface area contributed by atoms with Crippen LogP contribution in [-0.2, 0) is 17.8 Å². The molecular weight excluding hydrogens is 352 g/mol. The minimum absolute atomic E-state index is 0.248. The molecule has 0 radical (unpaired) electrons. The third kappa shape index (κ3) is 3.42. The van der Waals surface area contributed by atoms with E-state index in [0.29, 0.717) is 25.9 Å². The van der Waals surface area contributed by atoms with E-state index >= 15 is 0 Å². The minimum Gasteiger partial charge on any atom is -0.591 e. The van der Waals surface area contributed by atoms with Gasteiger partial charge in [0.05, 0.1) is 7.11 Å². The average molecular weight is 378 g/mol. The van der Waals surface area contributed by atoms with E-state index in [1.54, 1.807) is 7.11 Å². The van der Waals surface area contributed by atoms with Gasteiger partial charge in [0.1, 0.15) is 27.6 Å². The fraction of sp³-hybridized carbons (Fsp3) is 0.579. The molecule has 0 aromatic heterocycles. The van der Waals surface area contributed by atoms with Gasteiger partial charge in [-0.25, -0.2) is 4.79 Å². The molecule has 1 N–H and O–H groups in total. The maximum atomic E-state index is 12.7. The van der Waals surface area contributed by atoms with E-state index in [4.69, 9.17) is 4.74 Å². The number of hydrogen-bond donors (Lipinski definition) is 1.